The van der Waals surface area contributed by atoms with Crippen LogP contribution < -0.4 is 15.1 Å². The lowest BCUT2D eigenvalue weighted by atomic mass is 10.1. The number of thiazole rings is 1. The molecule has 1 unspecified atom stereocenters. The van der Waals surface area contributed by atoms with E-state index in [4.69, 9.17) is 4.74 Å². The molecule has 1 aromatic carbocycles. The number of hydrogen-bond donors (Lipinski definition) is 1. The Kier molecular flexibility index (Phi) is 4.12. The van der Waals surface area contributed by atoms with Gasteiger partial charge in [-0.1, -0.05) is 23.5 Å². The van der Waals surface area contributed by atoms with Crippen molar-refractivity contribution in [2.24, 2.45) is 0 Å². The van der Waals surface area contributed by atoms with Crippen molar-refractivity contribution in [1.82, 2.24) is 9.88 Å². The number of ether oxygens (including phenoxy) is 1. The van der Waals surface area contributed by atoms with Gasteiger partial charge in [0.15, 0.2) is 0 Å². The molecule has 134 valence electrons. The first-order chi connectivity index (χ1) is 12.5. The van der Waals surface area contributed by atoms with Gasteiger partial charge in [-0.2, -0.15) is 0 Å². The second-order valence-corrected chi connectivity index (χ2v) is 7.09. The Morgan fingerprint density at radius 2 is 2.08 bits per heavy atom. The highest BCUT2D eigenvalue weighted by atomic mass is 32.1. The molecule has 1 aromatic heterocycles. The zero-order chi connectivity index (χ0) is 18.3. The number of cyclic esters (lactones) is 1. The summed E-state index contributed by atoms with van der Waals surface area (Å²) >= 11 is 1.21. The Morgan fingerprint density at radius 3 is 2.77 bits per heavy atom. The highest BCUT2D eigenvalue weighted by molar-refractivity contribution is 7.07. The molecule has 1 atom stereocenters. The summed E-state index contributed by atoms with van der Waals surface area (Å²) in [6, 6.07) is 7.36. The third-order valence-electron chi connectivity index (χ3n) is 4.53. The molecule has 0 aliphatic carbocycles. The summed E-state index contributed by atoms with van der Waals surface area (Å²) in [7, 11) is 0. The van der Waals surface area contributed by atoms with Crippen LogP contribution in [0.25, 0.3) is 11.6 Å². The predicted octanol–water partition coefficient (Wildman–Crippen LogP) is 1.93. The molecule has 1 saturated heterocycles. The minimum Gasteiger partial charge on any atom is -0.447 e. The van der Waals surface area contributed by atoms with Crippen molar-refractivity contribution in [3.8, 4) is 0 Å². The van der Waals surface area contributed by atoms with Crippen LogP contribution in [0.15, 0.2) is 34.4 Å². The molecule has 2 aromatic rings. The van der Waals surface area contributed by atoms with Gasteiger partial charge in [0.25, 0.3) is 0 Å². The van der Waals surface area contributed by atoms with E-state index in [0.717, 1.165) is 22.5 Å². The SMILES string of the molecule is CC(=O)NCC1COC(=O)N1c1ccc(C2=Cc3csc(=O)n3C2)cc1. The van der Waals surface area contributed by atoms with Gasteiger partial charge in [0.2, 0.25) is 5.91 Å². The number of carbonyl (C=O) groups is 2. The zero-order valence-electron chi connectivity index (χ0n) is 14.1. The van der Waals surface area contributed by atoms with Crippen molar-refractivity contribution in [3.05, 3.63) is 50.6 Å². The third kappa shape index (κ3) is 2.92. The van der Waals surface area contributed by atoms with E-state index in [1.54, 1.807) is 9.47 Å². The predicted molar refractivity (Wildman–Crippen MR) is 99.2 cm³/mol. The average Bonchev–Trinajstić information content (AvgIpc) is 3.30. The second-order valence-electron chi connectivity index (χ2n) is 6.27. The molecule has 2 aliphatic heterocycles. The molecule has 1 N–H and O–H groups in total. The van der Waals surface area contributed by atoms with E-state index < -0.39 is 6.09 Å². The first-order valence-electron chi connectivity index (χ1n) is 8.22. The number of carbonyl (C=O) groups excluding carboxylic acids is 2. The highest BCUT2D eigenvalue weighted by Crippen LogP contribution is 2.29. The average molecular weight is 371 g/mol. The largest absolute Gasteiger partial charge is 0.447 e. The topological polar surface area (TPSA) is 80.6 Å². The zero-order valence-corrected chi connectivity index (χ0v) is 14.9. The number of rotatable bonds is 4. The first kappa shape index (κ1) is 16.6. The summed E-state index contributed by atoms with van der Waals surface area (Å²) in [4.78, 5) is 36.6. The van der Waals surface area contributed by atoms with Crippen LogP contribution in [0.4, 0.5) is 10.5 Å². The Bertz CT molecular complexity index is 958. The number of benzene rings is 1. The van der Waals surface area contributed by atoms with E-state index in [0.29, 0.717) is 13.1 Å². The van der Waals surface area contributed by atoms with Gasteiger partial charge in [0.1, 0.15) is 6.61 Å². The van der Waals surface area contributed by atoms with Crippen LogP contribution in [0.2, 0.25) is 0 Å². The molecule has 0 spiro atoms. The maximum atomic E-state index is 12.1. The molecule has 2 aliphatic rings. The summed E-state index contributed by atoms with van der Waals surface area (Å²) in [6.07, 6.45) is 1.60. The Labute approximate surface area is 153 Å². The molecular formula is C18H17N3O4S. The molecule has 3 heterocycles. The number of amides is 2. The molecule has 1 fully saturated rings. The van der Waals surface area contributed by atoms with E-state index in [9.17, 15) is 14.4 Å². The van der Waals surface area contributed by atoms with Crippen LogP contribution >= 0.6 is 11.3 Å². The van der Waals surface area contributed by atoms with Gasteiger partial charge in [0.05, 0.1) is 18.3 Å². The first-order valence-corrected chi connectivity index (χ1v) is 9.10. The van der Waals surface area contributed by atoms with Crippen LogP contribution in [0.1, 0.15) is 18.2 Å². The summed E-state index contributed by atoms with van der Waals surface area (Å²) in [5, 5.41) is 4.58. The number of fused-ring (bicyclic) bond motifs is 1. The summed E-state index contributed by atoms with van der Waals surface area (Å²) < 4.78 is 6.87. The Morgan fingerprint density at radius 1 is 1.31 bits per heavy atom. The molecule has 8 heteroatoms. The minimum atomic E-state index is -0.415. The molecule has 0 saturated carbocycles. The number of allylic oxidation sites excluding steroid dienone is 1. The normalized spacial score (nSPS) is 18.5. The molecular weight excluding hydrogens is 354 g/mol. The van der Waals surface area contributed by atoms with Crippen molar-refractivity contribution in [2.45, 2.75) is 19.5 Å². The van der Waals surface area contributed by atoms with Gasteiger partial charge in [-0.05, 0) is 29.3 Å². The van der Waals surface area contributed by atoms with Crippen LogP contribution in [0.3, 0.4) is 0 Å². The monoisotopic (exact) mass is 371 g/mol. The van der Waals surface area contributed by atoms with Gasteiger partial charge in [-0.3, -0.25) is 19.1 Å². The fraction of sp³-hybridized carbons (Fsp3) is 0.278. The lowest BCUT2D eigenvalue weighted by Crippen LogP contribution is -2.42. The van der Waals surface area contributed by atoms with E-state index in [1.807, 2.05) is 35.7 Å². The van der Waals surface area contributed by atoms with E-state index in [-0.39, 0.29) is 23.4 Å². The van der Waals surface area contributed by atoms with Crippen molar-refractivity contribution in [3.63, 3.8) is 0 Å². The lowest BCUT2D eigenvalue weighted by Gasteiger charge is -2.21. The highest BCUT2D eigenvalue weighted by Gasteiger charge is 2.34. The lowest BCUT2D eigenvalue weighted by molar-refractivity contribution is -0.119. The quantitative estimate of drug-likeness (QED) is 0.890. The number of anilines is 1. The summed E-state index contributed by atoms with van der Waals surface area (Å²) in [6.45, 7) is 2.59. The van der Waals surface area contributed by atoms with Crippen LogP contribution in [-0.2, 0) is 16.1 Å². The fourth-order valence-corrected chi connectivity index (χ4v) is 3.92. The maximum Gasteiger partial charge on any atom is 0.414 e. The summed E-state index contributed by atoms with van der Waals surface area (Å²) in [5.41, 5.74) is 3.72. The number of hydrogen-bond acceptors (Lipinski definition) is 5. The number of nitrogens with zero attached hydrogens (tertiary/aromatic N) is 2. The Hall–Kier alpha value is -2.87. The van der Waals surface area contributed by atoms with Crippen molar-refractivity contribution in [2.75, 3.05) is 18.1 Å². The standard InChI is InChI=1S/C18H17N3O4S/c1-11(22)19-7-16-9-25-17(23)21(16)14-4-2-12(3-5-14)13-6-15-10-26-18(24)20(15)8-13/h2-6,10,16H,7-9H2,1H3,(H,19,22). The van der Waals surface area contributed by atoms with Crippen LogP contribution in [0, 0.1) is 0 Å². The van der Waals surface area contributed by atoms with E-state index >= 15 is 0 Å². The molecule has 4 rings (SSSR count). The third-order valence-corrected chi connectivity index (χ3v) is 5.31. The van der Waals surface area contributed by atoms with Gasteiger partial charge in [-0.15, -0.1) is 0 Å². The number of nitrogens with one attached hydrogen (secondary N) is 1. The van der Waals surface area contributed by atoms with Crippen molar-refractivity contribution in [1.29, 1.82) is 0 Å². The maximum absolute atomic E-state index is 12.1. The summed E-state index contributed by atoms with van der Waals surface area (Å²) in [5.74, 6) is -0.143. The van der Waals surface area contributed by atoms with Crippen molar-refractivity contribution >= 4 is 40.7 Å². The minimum absolute atomic E-state index is 0.0449. The molecule has 7 nitrogen and oxygen atoms in total. The van der Waals surface area contributed by atoms with Crippen molar-refractivity contribution < 1.29 is 14.3 Å². The smallest absolute Gasteiger partial charge is 0.414 e. The van der Waals surface area contributed by atoms with Gasteiger partial charge in [0, 0.05) is 24.5 Å². The van der Waals surface area contributed by atoms with Crippen LogP contribution in [0.5, 0.6) is 0 Å². The molecule has 2 amide bonds. The van der Waals surface area contributed by atoms with Gasteiger partial charge < -0.3 is 10.1 Å². The van der Waals surface area contributed by atoms with Gasteiger partial charge in [-0.25, -0.2) is 4.79 Å². The fourth-order valence-electron chi connectivity index (χ4n) is 3.21. The molecule has 0 radical (unpaired) electrons. The van der Waals surface area contributed by atoms with Gasteiger partial charge >= 0.3 is 11.0 Å². The number of aromatic nitrogens is 1. The molecule has 0 bridgehead atoms. The molecule has 26 heavy (non-hydrogen) atoms. The Balaban J connectivity index is 1.53. The van der Waals surface area contributed by atoms with E-state index in [2.05, 4.69) is 5.32 Å². The second kappa shape index (κ2) is 6.45. The van der Waals surface area contributed by atoms with E-state index in [1.165, 1.54) is 18.3 Å². The van der Waals surface area contributed by atoms with Crippen LogP contribution in [-0.4, -0.2) is 35.8 Å².